The van der Waals surface area contributed by atoms with Gasteiger partial charge < -0.3 is 48.7 Å². The Morgan fingerprint density at radius 3 is 2.00 bits per heavy atom. The molecule has 11 N–H and O–H groups in total. The maximum atomic E-state index is 13.7. The van der Waals surface area contributed by atoms with Crippen LogP contribution in [0, 0.1) is 0 Å². The van der Waals surface area contributed by atoms with Gasteiger partial charge in [-0.3, -0.25) is 38.6 Å². The summed E-state index contributed by atoms with van der Waals surface area (Å²) in [6.07, 6.45) is 1.11. The molecular formula is C34H54N10O7. The average molecular weight is 715 g/mol. The van der Waals surface area contributed by atoms with Gasteiger partial charge in [-0.2, -0.15) is 0 Å². The second-order valence-corrected chi connectivity index (χ2v) is 11.9. The Hall–Kier alpha value is -5.32. The fourth-order valence-corrected chi connectivity index (χ4v) is 4.63. The number of nitrogens with one attached hydrogen (secondary N) is 7. The normalized spacial score (nSPS) is 12.9. The second-order valence-electron chi connectivity index (χ2n) is 11.9. The van der Waals surface area contributed by atoms with Crippen LogP contribution < -0.4 is 48.7 Å². The summed E-state index contributed by atoms with van der Waals surface area (Å²) >= 11 is 0. The van der Waals surface area contributed by atoms with E-state index < -0.39 is 53.7 Å². The Morgan fingerprint density at radius 1 is 0.765 bits per heavy atom. The summed E-state index contributed by atoms with van der Waals surface area (Å²) < 4.78 is 0. The first kappa shape index (κ1) is 43.7. The van der Waals surface area contributed by atoms with E-state index in [0.717, 1.165) is 5.56 Å². The topological polar surface area (TPSA) is 268 Å². The van der Waals surface area contributed by atoms with Gasteiger partial charge in [0.2, 0.25) is 29.5 Å². The summed E-state index contributed by atoms with van der Waals surface area (Å²) in [4.78, 5) is 93.2. The number of hydrogen-bond donors (Lipinski definition) is 9. The van der Waals surface area contributed by atoms with Gasteiger partial charge in [-0.25, -0.2) is 0 Å². The van der Waals surface area contributed by atoms with Gasteiger partial charge in [0.05, 0.1) is 19.1 Å². The second kappa shape index (κ2) is 23.9. The van der Waals surface area contributed by atoms with Crippen molar-refractivity contribution in [3.8, 4) is 0 Å². The van der Waals surface area contributed by atoms with Crippen molar-refractivity contribution < 1.29 is 33.6 Å². The van der Waals surface area contributed by atoms with Gasteiger partial charge in [0.1, 0.15) is 29.7 Å². The Labute approximate surface area is 299 Å². The van der Waals surface area contributed by atoms with E-state index in [9.17, 15) is 33.6 Å². The molecule has 0 aliphatic rings. The lowest BCUT2D eigenvalue weighted by Gasteiger charge is -2.26. The van der Waals surface area contributed by atoms with Crippen LogP contribution in [0.4, 0.5) is 0 Å². The third-order valence-electron chi connectivity index (χ3n) is 7.59. The standard InChI is InChI=1S/C34H54N10O7/c1-6-21(2)39-20-30(48)42-28(19-40-29(47)15-14-25(37-5)23(4)46)33(51)43-26(13-10-16-38-34(35)36)32(50)44-27(31(49)41-18-22(3)45)17-24-11-8-7-9-12-24/h7-9,11-12,25-28,37,39H,2,6,10,13-20H2,1,3-5H3,(H,40,47)(H,41,49)(H,42,48)(H,43,51)(H,44,50)(H4,35,36,38)/t25-,26-,27-,28-/m0/s1. The number of guanidine groups is 1. The smallest absolute Gasteiger partial charge is 0.245 e. The van der Waals surface area contributed by atoms with Crippen molar-refractivity contribution in [1.29, 1.82) is 0 Å². The molecule has 0 bridgehead atoms. The van der Waals surface area contributed by atoms with Gasteiger partial charge in [0.15, 0.2) is 5.96 Å². The Balaban J connectivity index is 3.26. The van der Waals surface area contributed by atoms with Crippen molar-refractivity contribution in [2.75, 3.05) is 33.2 Å². The quantitative estimate of drug-likeness (QED) is 0.0305. The van der Waals surface area contributed by atoms with Crippen molar-refractivity contribution in [3.63, 3.8) is 0 Å². The molecule has 0 heterocycles. The molecule has 4 atom stereocenters. The number of rotatable bonds is 25. The molecule has 0 aliphatic carbocycles. The first-order valence-corrected chi connectivity index (χ1v) is 16.8. The first-order valence-electron chi connectivity index (χ1n) is 16.8. The maximum Gasteiger partial charge on any atom is 0.245 e. The van der Waals surface area contributed by atoms with Gasteiger partial charge in [0.25, 0.3) is 0 Å². The zero-order chi connectivity index (χ0) is 38.3. The highest BCUT2D eigenvalue weighted by Gasteiger charge is 2.30. The van der Waals surface area contributed by atoms with Crippen molar-refractivity contribution >= 4 is 47.1 Å². The van der Waals surface area contributed by atoms with Gasteiger partial charge in [0, 0.05) is 31.6 Å². The van der Waals surface area contributed by atoms with Crippen LogP contribution >= 0.6 is 0 Å². The van der Waals surface area contributed by atoms with Crippen LogP contribution in [-0.4, -0.2) is 104 Å². The lowest BCUT2D eigenvalue weighted by Crippen LogP contribution is -2.59. The van der Waals surface area contributed by atoms with Gasteiger partial charge in [-0.05, 0) is 52.1 Å². The summed E-state index contributed by atoms with van der Waals surface area (Å²) in [5.74, 6) is -3.74. The van der Waals surface area contributed by atoms with Gasteiger partial charge in [-0.1, -0.05) is 43.8 Å². The monoisotopic (exact) mass is 714 g/mol. The molecule has 0 radical (unpaired) electrons. The lowest BCUT2D eigenvalue weighted by atomic mass is 10.0. The summed E-state index contributed by atoms with van der Waals surface area (Å²) in [6.45, 7) is 7.71. The molecule has 0 aromatic heterocycles. The Bertz CT molecular complexity index is 1380. The Kier molecular flexibility index (Phi) is 20.5. The number of nitrogens with two attached hydrogens (primary N) is 2. The molecule has 51 heavy (non-hydrogen) atoms. The van der Waals surface area contributed by atoms with Crippen LogP contribution in [0.15, 0.2) is 47.6 Å². The van der Waals surface area contributed by atoms with E-state index in [1.54, 1.807) is 37.4 Å². The van der Waals surface area contributed by atoms with Crippen LogP contribution in [0.3, 0.4) is 0 Å². The molecule has 282 valence electrons. The van der Waals surface area contributed by atoms with E-state index in [0.29, 0.717) is 12.1 Å². The molecular weight excluding hydrogens is 660 g/mol. The molecule has 0 fully saturated rings. The summed E-state index contributed by atoms with van der Waals surface area (Å²) in [7, 11) is 1.60. The average Bonchev–Trinajstić information content (AvgIpc) is 3.09. The number of aliphatic imine (C=N–C) groups is 1. The predicted molar refractivity (Wildman–Crippen MR) is 193 cm³/mol. The molecule has 0 aliphatic heterocycles. The number of Topliss-reactive ketones (excluding diaryl/α,β-unsaturated/α-hetero) is 2. The van der Waals surface area contributed by atoms with E-state index in [2.05, 4.69) is 48.8 Å². The molecule has 0 spiro atoms. The van der Waals surface area contributed by atoms with Crippen LogP contribution in [0.1, 0.15) is 58.4 Å². The number of ketones is 2. The van der Waals surface area contributed by atoms with Crippen molar-refractivity contribution in [1.82, 2.24) is 37.2 Å². The van der Waals surface area contributed by atoms with Crippen LogP contribution in [0.2, 0.25) is 0 Å². The molecule has 5 amide bonds. The lowest BCUT2D eigenvalue weighted by molar-refractivity contribution is -0.134. The molecule has 0 saturated carbocycles. The fourth-order valence-electron chi connectivity index (χ4n) is 4.63. The molecule has 0 unspecified atom stereocenters. The summed E-state index contributed by atoms with van der Waals surface area (Å²) in [6, 6.07) is 4.71. The fraction of sp³-hybridized carbons (Fsp3) is 0.529. The number of carbonyl (C=O) groups excluding carboxylic acids is 7. The van der Waals surface area contributed by atoms with Crippen molar-refractivity contribution in [2.45, 2.75) is 83.5 Å². The predicted octanol–water partition coefficient (Wildman–Crippen LogP) is -1.97. The zero-order valence-electron chi connectivity index (χ0n) is 29.9. The van der Waals surface area contributed by atoms with Crippen molar-refractivity contribution in [3.05, 3.63) is 48.2 Å². The van der Waals surface area contributed by atoms with E-state index in [4.69, 9.17) is 11.5 Å². The molecule has 1 aromatic rings. The largest absolute Gasteiger partial charge is 0.380 e. The zero-order valence-corrected chi connectivity index (χ0v) is 29.9. The van der Waals surface area contributed by atoms with Gasteiger partial charge >= 0.3 is 0 Å². The number of hydrogen-bond acceptors (Lipinski definition) is 10. The minimum absolute atomic E-state index is 0.0306. The molecule has 17 nitrogen and oxygen atoms in total. The Morgan fingerprint density at radius 2 is 1.41 bits per heavy atom. The SMILES string of the molecule is C=C(CC)NCC(=O)N[C@@H](CNC(=O)CC[C@H](NC)C(C)=O)C(=O)N[C@@H](CCCN=C(N)N)C(=O)N[C@@H](Cc1ccccc1)C(=O)NCC(C)=O. The summed E-state index contributed by atoms with van der Waals surface area (Å²) in [5, 5.41) is 18.7. The third-order valence-corrected chi connectivity index (χ3v) is 7.59. The van der Waals surface area contributed by atoms with E-state index >= 15 is 0 Å². The maximum absolute atomic E-state index is 13.7. The van der Waals surface area contributed by atoms with Crippen LogP contribution in [0.25, 0.3) is 0 Å². The molecule has 0 saturated heterocycles. The van der Waals surface area contributed by atoms with E-state index in [1.165, 1.54) is 13.8 Å². The molecule has 1 rings (SSSR count). The number of carbonyl (C=O) groups is 7. The van der Waals surface area contributed by atoms with Crippen LogP contribution in [-0.2, 0) is 40.0 Å². The van der Waals surface area contributed by atoms with E-state index in [1.807, 2.05) is 6.92 Å². The molecule has 1 aromatic carbocycles. The van der Waals surface area contributed by atoms with Crippen LogP contribution in [0.5, 0.6) is 0 Å². The minimum atomic E-state index is -1.32. The number of benzene rings is 1. The van der Waals surface area contributed by atoms with Gasteiger partial charge in [-0.15, -0.1) is 0 Å². The first-order chi connectivity index (χ1) is 24.2. The number of allylic oxidation sites excluding steroid dienone is 1. The highest BCUT2D eigenvalue weighted by molar-refractivity contribution is 5.95. The highest BCUT2D eigenvalue weighted by Crippen LogP contribution is 2.07. The number of amides is 5. The number of likely N-dealkylation sites (N-methyl/N-ethyl adjacent to an activating group) is 1. The minimum Gasteiger partial charge on any atom is -0.380 e. The van der Waals surface area contributed by atoms with E-state index in [-0.39, 0.29) is 75.8 Å². The summed E-state index contributed by atoms with van der Waals surface area (Å²) in [5.41, 5.74) is 12.2. The number of nitrogens with zero attached hydrogens (tertiary/aromatic N) is 1. The highest BCUT2D eigenvalue weighted by atomic mass is 16.2. The van der Waals surface area contributed by atoms with Crippen molar-refractivity contribution in [2.24, 2.45) is 16.5 Å². The molecule has 17 heteroatoms. The third kappa shape index (κ3) is 18.9.